The standard InChI is InChI=1S/C14H19N/c1-10-13-9-11-5-3-4-6-12(11)14(10,2)7-8-15-13/h3-6,10,13,15H,7-9H2,1-2H3. The van der Waals surface area contributed by atoms with Crippen LogP contribution in [0.25, 0.3) is 0 Å². The van der Waals surface area contributed by atoms with Crippen LogP contribution in [0.1, 0.15) is 31.4 Å². The topological polar surface area (TPSA) is 12.0 Å². The van der Waals surface area contributed by atoms with Crippen molar-refractivity contribution in [3.8, 4) is 0 Å². The van der Waals surface area contributed by atoms with Gasteiger partial charge in [0, 0.05) is 6.04 Å². The van der Waals surface area contributed by atoms with Crippen molar-refractivity contribution in [2.45, 2.75) is 38.1 Å². The molecule has 1 aromatic rings. The van der Waals surface area contributed by atoms with E-state index in [0.717, 1.165) is 5.92 Å². The highest BCUT2D eigenvalue weighted by atomic mass is 14.9. The second kappa shape index (κ2) is 3.08. The summed E-state index contributed by atoms with van der Waals surface area (Å²) in [6, 6.07) is 9.71. The quantitative estimate of drug-likeness (QED) is 0.680. The molecule has 1 fully saturated rings. The molecule has 1 nitrogen and oxygen atoms in total. The second-order valence-corrected chi connectivity index (χ2v) is 5.38. The Morgan fingerprint density at radius 2 is 2.13 bits per heavy atom. The molecule has 1 heteroatoms. The molecule has 3 rings (SSSR count). The lowest BCUT2D eigenvalue weighted by Crippen LogP contribution is -2.56. The molecule has 2 aliphatic rings. The average Bonchev–Trinajstić information content (AvgIpc) is 2.23. The molecular weight excluding hydrogens is 182 g/mol. The summed E-state index contributed by atoms with van der Waals surface area (Å²) in [6.45, 7) is 6.04. The maximum absolute atomic E-state index is 3.67. The summed E-state index contributed by atoms with van der Waals surface area (Å²) in [7, 11) is 0. The smallest absolute Gasteiger partial charge is 0.0142 e. The van der Waals surface area contributed by atoms with E-state index in [0.29, 0.717) is 11.5 Å². The molecule has 0 radical (unpaired) electrons. The second-order valence-electron chi connectivity index (χ2n) is 5.38. The van der Waals surface area contributed by atoms with Crippen LogP contribution in [0.2, 0.25) is 0 Å². The summed E-state index contributed by atoms with van der Waals surface area (Å²) in [4.78, 5) is 0. The molecule has 1 aromatic carbocycles. The van der Waals surface area contributed by atoms with Gasteiger partial charge < -0.3 is 5.32 Å². The third-order valence-electron chi connectivity index (χ3n) is 4.73. The van der Waals surface area contributed by atoms with Crippen molar-refractivity contribution < 1.29 is 0 Å². The number of nitrogens with one attached hydrogen (secondary N) is 1. The van der Waals surface area contributed by atoms with Crippen LogP contribution in [0.3, 0.4) is 0 Å². The maximum atomic E-state index is 3.67. The van der Waals surface area contributed by atoms with Crippen molar-refractivity contribution in [2.24, 2.45) is 5.92 Å². The largest absolute Gasteiger partial charge is 0.313 e. The van der Waals surface area contributed by atoms with Gasteiger partial charge in [0.05, 0.1) is 0 Å². The molecule has 1 N–H and O–H groups in total. The van der Waals surface area contributed by atoms with Gasteiger partial charge in [0.1, 0.15) is 0 Å². The fourth-order valence-electron chi connectivity index (χ4n) is 3.49. The summed E-state index contributed by atoms with van der Waals surface area (Å²) in [5, 5.41) is 3.67. The van der Waals surface area contributed by atoms with Crippen molar-refractivity contribution in [3.63, 3.8) is 0 Å². The van der Waals surface area contributed by atoms with Gasteiger partial charge in [-0.25, -0.2) is 0 Å². The minimum atomic E-state index is 0.408. The first-order valence-electron chi connectivity index (χ1n) is 6.03. The Balaban J connectivity index is 2.17. The van der Waals surface area contributed by atoms with Gasteiger partial charge in [-0.2, -0.15) is 0 Å². The molecule has 1 heterocycles. The average molecular weight is 201 g/mol. The highest BCUT2D eigenvalue weighted by molar-refractivity contribution is 5.39. The van der Waals surface area contributed by atoms with E-state index in [2.05, 4.69) is 43.4 Å². The van der Waals surface area contributed by atoms with Gasteiger partial charge in [0.2, 0.25) is 0 Å². The molecule has 1 aliphatic heterocycles. The molecular formula is C14H19N. The summed E-state index contributed by atoms with van der Waals surface area (Å²) < 4.78 is 0. The van der Waals surface area contributed by atoms with Crippen LogP contribution in [0.4, 0.5) is 0 Å². The fraction of sp³-hybridized carbons (Fsp3) is 0.571. The summed E-state index contributed by atoms with van der Waals surface area (Å²) in [6.07, 6.45) is 2.49. The first-order chi connectivity index (χ1) is 7.22. The number of hydrogen-bond acceptors (Lipinski definition) is 1. The Hall–Kier alpha value is -0.820. The van der Waals surface area contributed by atoms with Gasteiger partial charge in [-0.3, -0.25) is 0 Å². The van der Waals surface area contributed by atoms with Crippen molar-refractivity contribution in [1.29, 1.82) is 0 Å². The van der Waals surface area contributed by atoms with Gasteiger partial charge in [-0.15, -0.1) is 0 Å². The fourth-order valence-corrected chi connectivity index (χ4v) is 3.49. The molecule has 1 saturated heterocycles. The molecule has 0 amide bonds. The molecule has 3 unspecified atom stereocenters. The number of benzene rings is 1. The van der Waals surface area contributed by atoms with E-state index < -0.39 is 0 Å². The van der Waals surface area contributed by atoms with Crippen molar-refractivity contribution in [3.05, 3.63) is 35.4 Å². The van der Waals surface area contributed by atoms with Crippen molar-refractivity contribution >= 4 is 0 Å². The predicted octanol–water partition coefficient (Wildman–Crippen LogP) is 2.50. The predicted molar refractivity (Wildman–Crippen MR) is 63.1 cm³/mol. The zero-order chi connectivity index (χ0) is 10.5. The monoisotopic (exact) mass is 201 g/mol. The van der Waals surface area contributed by atoms with Gasteiger partial charge in [-0.05, 0) is 41.8 Å². The number of hydrogen-bond donors (Lipinski definition) is 1. The Kier molecular flexibility index (Phi) is 1.93. The Morgan fingerprint density at radius 1 is 1.33 bits per heavy atom. The van der Waals surface area contributed by atoms with Gasteiger partial charge in [0.25, 0.3) is 0 Å². The zero-order valence-corrected chi connectivity index (χ0v) is 9.59. The minimum Gasteiger partial charge on any atom is -0.313 e. The Labute approximate surface area is 91.9 Å². The van der Waals surface area contributed by atoms with Crippen LogP contribution in [0, 0.1) is 5.92 Å². The summed E-state index contributed by atoms with van der Waals surface area (Å²) in [5.41, 5.74) is 3.58. The van der Waals surface area contributed by atoms with Crippen LogP contribution < -0.4 is 5.32 Å². The first-order valence-corrected chi connectivity index (χ1v) is 6.03. The maximum Gasteiger partial charge on any atom is 0.0142 e. The van der Waals surface area contributed by atoms with Crippen molar-refractivity contribution in [2.75, 3.05) is 6.54 Å². The number of fused-ring (bicyclic) bond motifs is 4. The van der Waals surface area contributed by atoms with E-state index in [1.165, 1.54) is 19.4 Å². The lowest BCUT2D eigenvalue weighted by molar-refractivity contribution is 0.158. The SMILES string of the molecule is CC1C2Cc3ccccc3C1(C)CCN2. The van der Waals surface area contributed by atoms with Crippen LogP contribution >= 0.6 is 0 Å². The van der Waals surface area contributed by atoms with E-state index in [1.54, 1.807) is 11.1 Å². The highest BCUT2D eigenvalue weighted by Crippen LogP contribution is 2.45. The van der Waals surface area contributed by atoms with Crippen LogP contribution in [-0.4, -0.2) is 12.6 Å². The van der Waals surface area contributed by atoms with Crippen LogP contribution in [0.5, 0.6) is 0 Å². The molecule has 80 valence electrons. The third kappa shape index (κ3) is 1.19. The van der Waals surface area contributed by atoms with E-state index in [1.807, 2.05) is 0 Å². The molecule has 0 aromatic heterocycles. The minimum absolute atomic E-state index is 0.408. The lowest BCUT2D eigenvalue weighted by atomic mass is 9.60. The van der Waals surface area contributed by atoms with E-state index >= 15 is 0 Å². The van der Waals surface area contributed by atoms with E-state index in [-0.39, 0.29) is 0 Å². The summed E-state index contributed by atoms with van der Waals surface area (Å²) in [5.74, 6) is 0.765. The Bertz CT molecular complexity index is 385. The van der Waals surface area contributed by atoms with Gasteiger partial charge in [0.15, 0.2) is 0 Å². The highest BCUT2D eigenvalue weighted by Gasteiger charge is 2.44. The van der Waals surface area contributed by atoms with Crippen molar-refractivity contribution in [1.82, 2.24) is 5.32 Å². The van der Waals surface area contributed by atoms with Crippen LogP contribution in [0.15, 0.2) is 24.3 Å². The Morgan fingerprint density at radius 3 is 3.00 bits per heavy atom. The normalized spacial score (nSPS) is 38.5. The van der Waals surface area contributed by atoms with E-state index in [4.69, 9.17) is 0 Å². The summed E-state index contributed by atoms with van der Waals surface area (Å²) >= 11 is 0. The number of piperidine rings is 1. The number of rotatable bonds is 0. The molecule has 2 bridgehead atoms. The zero-order valence-electron chi connectivity index (χ0n) is 9.59. The first kappa shape index (κ1) is 9.41. The molecule has 1 aliphatic carbocycles. The van der Waals surface area contributed by atoms with Gasteiger partial charge in [-0.1, -0.05) is 38.1 Å². The lowest BCUT2D eigenvalue weighted by Gasteiger charge is -2.50. The molecule has 0 saturated carbocycles. The van der Waals surface area contributed by atoms with E-state index in [9.17, 15) is 0 Å². The molecule has 15 heavy (non-hydrogen) atoms. The molecule has 3 atom stereocenters. The van der Waals surface area contributed by atoms with Gasteiger partial charge >= 0.3 is 0 Å². The third-order valence-corrected chi connectivity index (χ3v) is 4.73. The van der Waals surface area contributed by atoms with Crippen LogP contribution in [-0.2, 0) is 11.8 Å². The molecule has 0 spiro atoms.